The number of halogens is 1. The Bertz CT molecular complexity index is 1180. The van der Waals surface area contributed by atoms with Gasteiger partial charge in [0.15, 0.2) is 5.11 Å². The van der Waals surface area contributed by atoms with E-state index in [2.05, 4.69) is 32.7 Å². The molecule has 0 spiro atoms. The number of nitrogens with zero attached hydrogens (tertiary/aromatic N) is 3. The molecule has 1 aliphatic carbocycles. The van der Waals surface area contributed by atoms with E-state index in [9.17, 15) is 0 Å². The van der Waals surface area contributed by atoms with Crippen LogP contribution in [0.1, 0.15) is 56.9 Å². The molecule has 0 radical (unpaired) electrons. The number of hydrogen-bond acceptors (Lipinski definition) is 5. The number of thiocarbonyl (C=S) groups is 1. The van der Waals surface area contributed by atoms with Crippen LogP contribution in [-0.2, 0) is 5.41 Å². The standard InChI is InChI=1S/C29H34ClN5OS/c30-23-14-12-22(13-15-23)29(16-6-7-17-29)21-31-28(37)34-27-32-25(35-18-8-1-2-9-19-35)20-26(33-27)36-24-10-4-3-5-11-24/h3-5,10-15,20H,1-2,6-9,16-19,21H2,(H2,31,32,33,34,37). The fraction of sp³-hybridized carbons (Fsp3) is 0.414. The minimum atomic E-state index is 0.0483. The van der Waals surface area contributed by atoms with E-state index >= 15 is 0 Å². The van der Waals surface area contributed by atoms with Crippen LogP contribution in [0.3, 0.4) is 0 Å². The maximum absolute atomic E-state index is 6.15. The van der Waals surface area contributed by atoms with Gasteiger partial charge in [-0.05, 0) is 67.7 Å². The number of benzene rings is 2. The predicted octanol–water partition coefficient (Wildman–Crippen LogP) is 7.10. The molecule has 2 aliphatic rings. The molecule has 8 heteroatoms. The Labute approximate surface area is 229 Å². The first-order valence-electron chi connectivity index (χ1n) is 13.3. The van der Waals surface area contributed by atoms with E-state index in [-0.39, 0.29) is 5.41 Å². The number of para-hydroxylation sites is 1. The summed E-state index contributed by atoms with van der Waals surface area (Å²) in [4.78, 5) is 11.8. The van der Waals surface area contributed by atoms with E-state index in [4.69, 9.17) is 33.5 Å². The lowest BCUT2D eigenvalue weighted by atomic mass is 9.79. The fourth-order valence-electron chi connectivity index (χ4n) is 5.41. The summed E-state index contributed by atoms with van der Waals surface area (Å²) in [6.07, 6.45) is 9.51. The van der Waals surface area contributed by atoms with Crippen LogP contribution in [0.5, 0.6) is 11.6 Å². The Morgan fingerprint density at radius 2 is 1.62 bits per heavy atom. The monoisotopic (exact) mass is 535 g/mol. The van der Waals surface area contributed by atoms with E-state index in [1.807, 2.05) is 48.5 Å². The molecule has 2 fully saturated rings. The maximum atomic E-state index is 6.15. The van der Waals surface area contributed by atoms with Crippen LogP contribution >= 0.6 is 23.8 Å². The average molecular weight is 536 g/mol. The Hall–Kier alpha value is -2.90. The normalized spacial score (nSPS) is 17.2. The zero-order valence-corrected chi connectivity index (χ0v) is 22.7. The Kier molecular flexibility index (Phi) is 8.41. The molecule has 194 valence electrons. The lowest BCUT2D eigenvalue weighted by molar-refractivity contribution is 0.435. The summed E-state index contributed by atoms with van der Waals surface area (Å²) in [5, 5.41) is 7.97. The molecule has 2 aromatic carbocycles. The van der Waals surface area contributed by atoms with Gasteiger partial charge in [0.05, 0.1) is 0 Å². The SMILES string of the molecule is S=C(NCC1(c2ccc(Cl)cc2)CCCC1)Nc1nc(Oc2ccccc2)cc(N2CCCCCC2)n1. The molecule has 0 bridgehead atoms. The van der Waals surface area contributed by atoms with Crippen molar-refractivity contribution in [1.29, 1.82) is 0 Å². The Morgan fingerprint density at radius 1 is 0.919 bits per heavy atom. The number of ether oxygens (including phenoxy) is 1. The summed E-state index contributed by atoms with van der Waals surface area (Å²) in [7, 11) is 0. The van der Waals surface area contributed by atoms with E-state index in [1.165, 1.54) is 31.2 Å². The number of rotatable bonds is 7. The summed E-state index contributed by atoms with van der Waals surface area (Å²) >= 11 is 11.9. The average Bonchev–Trinajstić information content (AvgIpc) is 3.22. The van der Waals surface area contributed by atoms with Crippen molar-refractivity contribution in [3.8, 4) is 11.6 Å². The van der Waals surface area contributed by atoms with Crippen molar-refractivity contribution >= 4 is 40.7 Å². The van der Waals surface area contributed by atoms with E-state index < -0.39 is 0 Å². The molecular formula is C29H34ClN5OS. The number of nitrogens with one attached hydrogen (secondary N) is 2. The summed E-state index contributed by atoms with van der Waals surface area (Å²) in [6.45, 7) is 2.71. The van der Waals surface area contributed by atoms with Gasteiger partial charge >= 0.3 is 0 Å². The lowest BCUT2D eigenvalue weighted by Gasteiger charge is -2.30. The van der Waals surface area contributed by atoms with Crippen molar-refractivity contribution in [3.63, 3.8) is 0 Å². The molecule has 37 heavy (non-hydrogen) atoms. The highest BCUT2D eigenvalue weighted by atomic mass is 35.5. The van der Waals surface area contributed by atoms with Crippen molar-refractivity contribution in [3.05, 3.63) is 71.2 Å². The van der Waals surface area contributed by atoms with Gasteiger partial charge in [0, 0.05) is 36.1 Å². The van der Waals surface area contributed by atoms with Crippen LogP contribution in [0, 0.1) is 0 Å². The number of hydrogen-bond donors (Lipinski definition) is 2. The molecule has 5 rings (SSSR count). The van der Waals surface area contributed by atoms with Crippen molar-refractivity contribution in [2.75, 3.05) is 29.9 Å². The summed E-state index contributed by atoms with van der Waals surface area (Å²) in [5.41, 5.74) is 1.36. The van der Waals surface area contributed by atoms with Crippen LogP contribution < -0.4 is 20.3 Å². The third-order valence-electron chi connectivity index (χ3n) is 7.41. The van der Waals surface area contributed by atoms with Crippen molar-refractivity contribution < 1.29 is 4.74 Å². The molecule has 2 N–H and O–H groups in total. The minimum absolute atomic E-state index is 0.0483. The lowest BCUT2D eigenvalue weighted by Crippen LogP contribution is -2.41. The minimum Gasteiger partial charge on any atom is -0.439 e. The van der Waals surface area contributed by atoms with Gasteiger partial charge in [-0.2, -0.15) is 9.97 Å². The van der Waals surface area contributed by atoms with Gasteiger partial charge in [0.25, 0.3) is 0 Å². The topological polar surface area (TPSA) is 62.3 Å². The third kappa shape index (κ3) is 6.70. The highest BCUT2D eigenvalue weighted by Crippen LogP contribution is 2.41. The van der Waals surface area contributed by atoms with Gasteiger partial charge in [0.1, 0.15) is 11.6 Å². The molecule has 2 heterocycles. The van der Waals surface area contributed by atoms with Gasteiger partial charge in [-0.15, -0.1) is 0 Å². The van der Waals surface area contributed by atoms with Gasteiger partial charge in [-0.3, -0.25) is 0 Å². The van der Waals surface area contributed by atoms with Crippen molar-refractivity contribution in [1.82, 2.24) is 15.3 Å². The van der Waals surface area contributed by atoms with Gasteiger partial charge < -0.3 is 20.3 Å². The summed E-state index contributed by atoms with van der Waals surface area (Å²) in [5.74, 6) is 2.54. The van der Waals surface area contributed by atoms with Crippen LogP contribution in [0.25, 0.3) is 0 Å². The molecule has 1 saturated carbocycles. The third-order valence-corrected chi connectivity index (χ3v) is 7.91. The summed E-state index contributed by atoms with van der Waals surface area (Å²) in [6, 6.07) is 19.9. The second-order valence-corrected chi connectivity index (χ2v) is 10.9. The van der Waals surface area contributed by atoms with E-state index in [0.29, 0.717) is 16.9 Å². The molecule has 1 saturated heterocycles. The van der Waals surface area contributed by atoms with Gasteiger partial charge in [-0.1, -0.05) is 67.6 Å². The molecular weight excluding hydrogens is 502 g/mol. The Balaban J connectivity index is 1.32. The Morgan fingerprint density at radius 3 is 2.32 bits per heavy atom. The molecule has 0 unspecified atom stereocenters. The fourth-order valence-corrected chi connectivity index (χ4v) is 5.70. The maximum Gasteiger partial charge on any atom is 0.234 e. The second kappa shape index (κ2) is 12.1. The smallest absolute Gasteiger partial charge is 0.234 e. The number of anilines is 2. The molecule has 0 atom stereocenters. The largest absolute Gasteiger partial charge is 0.439 e. The highest BCUT2D eigenvalue weighted by molar-refractivity contribution is 7.80. The first-order valence-corrected chi connectivity index (χ1v) is 14.1. The predicted molar refractivity (Wildman–Crippen MR) is 155 cm³/mol. The quantitative estimate of drug-likeness (QED) is 0.313. The van der Waals surface area contributed by atoms with E-state index in [1.54, 1.807) is 0 Å². The number of aromatic nitrogens is 2. The molecule has 1 aliphatic heterocycles. The van der Waals surface area contributed by atoms with Crippen LogP contribution in [0.2, 0.25) is 5.02 Å². The van der Waals surface area contributed by atoms with Crippen LogP contribution in [-0.4, -0.2) is 34.7 Å². The zero-order valence-electron chi connectivity index (χ0n) is 21.1. The molecule has 3 aromatic rings. The van der Waals surface area contributed by atoms with Gasteiger partial charge in [0.2, 0.25) is 11.8 Å². The van der Waals surface area contributed by atoms with Crippen LogP contribution in [0.15, 0.2) is 60.7 Å². The summed E-state index contributed by atoms with van der Waals surface area (Å²) < 4.78 is 6.10. The zero-order chi connectivity index (χ0) is 25.5. The molecule has 0 amide bonds. The highest BCUT2D eigenvalue weighted by Gasteiger charge is 2.35. The first-order chi connectivity index (χ1) is 18.1. The van der Waals surface area contributed by atoms with Crippen molar-refractivity contribution in [2.24, 2.45) is 0 Å². The van der Waals surface area contributed by atoms with Gasteiger partial charge in [-0.25, -0.2) is 0 Å². The molecule has 1 aromatic heterocycles. The molecule has 6 nitrogen and oxygen atoms in total. The first kappa shape index (κ1) is 25.7. The second-order valence-electron chi connectivity index (χ2n) is 10.0. The van der Waals surface area contributed by atoms with E-state index in [0.717, 1.165) is 61.9 Å². The van der Waals surface area contributed by atoms with Crippen LogP contribution in [0.4, 0.5) is 11.8 Å². The van der Waals surface area contributed by atoms with Crippen molar-refractivity contribution in [2.45, 2.75) is 56.8 Å².